The van der Waals surface area contributed by atoms with Crippen LogP contribution in [0.15, 0.2) is 18.3 Å². The Bertz CT molecular complexity index is 382. The third kappa shape index (κ3) is 4.16. The molecule has 19 heavy (non-hydrogen) atoms. The molecule has 1 aliphatic heterocycles. The van der Waals surface area contributed by atoms with Crippen LogP contribution in [0.1, 0.15) is 12.0 Å². The van der Waals surface area contributed by atoms with Crippen LogP contribution in [0.25, 0.3) is 0 Å². The van der Waals surface area contributed by atoms with E-state index < -0.39 is 0 Å². The van der Waals surface area contributed by atoms with E-state index in [2.05, 4.69) is 26.9 Å². The number of nitrogens with zero attached hydrogens (tertiary/aromatic N) is 3. The lowest BCUT2D eigenvalue weighted by Gasteiger charge is -2.19. The lowest BCUT2D eigenvalue weighted by atomic mass is 10.2. The van der Waals surface area contributed by atoms with E-state index in [1.165, 1.54) is 5.56 Å². The zero-order valence-corrected chi connectivity index (χ0v) is 11.9. The fraction of sp³-hybridized carbons (Fsp3) is 0.643. The fourth-order valence-electron chi connectivity index (χ4n) is 2.34. The van der Waals surface area contributed by atoms with Gasteiger partial charge in [-0.15, -0.1) is 0 Å². The SMILES string of the molecule is COCCN(C)c1ccc(CN2CC[C@@H](N)C2)cn1. The van der Waals surface area contributed by atoms with Gasteiger partial charge in [0.1, 0.15) is 5.82 Å². The molecule has 0 unspecified atom stereocenters. The molecule has 5 heteroatoms. The maximum Gasteiger partial charge on any atom is 0.128 e. The van der Waals surface area contributed by atoms with E-state index in [0.717, 1.165) is 38.4 Å². The number of pyridine rings is 1. The van der Waals surface area contributed by atoms with Gasteiger partial charge in [-0.05, 0) is 18.1 Å². The van der Waals surface area contributed by atoms with Crippen molar-refractivity contribution >= 4 is 5.82 Å². The van der Waals surface area contributed by atoms with Crippen molar-refractivity contribution in [3.05, 3.63) is 23.9 Å². The maximum atomic E-state index is 5.91. The Morgan fingerprint density at radius 3 is 2.95 bits per heavy atom. The smallest absolute Gasteiger partial charge is 0.128 e. The lowest BCUT2D eigenvalue weighted by Crippen LogP contribution is -2.26. The summed E-state index contributed by atoms with van der Waals surface area (Å²) in [5.74, 6) is 0.985. The molecule has 1 saturated heterocycles. The predicted octanol–water partition coefficient (Wildman–Crippen LogP) is 0.697. The summed E-state index contributed by atoms with van der Waals surface area (Å²) in [4.78, 5) is 8.99. The first-order valence-electron chi connectivity index (χ1n) is 6.82. The number of ether oxygens (including phenoxy) is 1. The van der Waals surface area contributed by atoms with Gasteiger partial charge in [-0.3, -0.25) is 4.90 Å². The van der Waals surface area contributed by atoms with Crippen molar-refractivity contribution in [3.63, 3.8) is 0 Å². The first-order chi connectivity index (χ1) is 9.19. The highest BCUT2D eigenvalue weighted by atomic mass is 16.5. The van der Waals surface area contributed by atoms with Crippen LogP contribution >= 0.6 is 0 Å². The molecule has 0 bridgehead atoms. The quantitative estimate of drug-likeness (QED) is 0.819. The number of aromatic nitrogens is 1. The molecule has 106 valence electrons. The molecule has 2 N–H and O–H groups in total. The van der Waals surface area contributed by atoms with Crippen LogP contribution < -0.4 is 10.6 Å². The topological polar surface area (TPSA) is 54.6 Å². The van der Waals surface area contributed by atoms with E-state index in [9.17, 15) is 0 Å². The van der Waals surface area contributed by atoms with Crippen LogP contribution in [0, 0.1) is 0 Å². The number of hydrogen-bond donors (Lipinski definition) is 1. The van der Waals surface area contributed by atoms with Crippen molar-refractivity contribution in [1.82, 2.24) is 9.88 Å². The first-order valence-corrected chi connectivity index (χ1v) is 6.82. The molecule has 0 saturated carbocycles. The zero-order chi connectivity index (χ0) is 13.7. The molecular formula is C14H24N4O. The zero-order valence-electron chi connectivity index (χ0n) is 11.9. The van der Waals surface area contributed by atoms with Gasteiger partial charge in [0, 0.05) is 52.6 Å². The third-order valence-corrected chi connectivity index (χ3v) is 3.55. The molecule has 0 aromatic carbocycles. The first kappa shape index (κ1) is 14.2. The summed E-state index contributed by atoms with van der Waals surface area (Å²) in [7, 11) is 3.74. The van der Waals surface area contributed by atoms with Crippen LogP contribution in [0.4, 0.5) is 5.82 Å². The van der Waals surface area contributed by atoms with Crippen molar-refractivity contribution in [2.24, 2.45) is 5.73 Å². The second-order valence-electron chi connectivity index (χ2n) is 5.22. The highest BCUT2D eigenvalue weighted by molar-refractivity contribution is 5.38. The minimum atomic E-state index is 0.340. The molecule has 5 nitrogen and oxygen atoms in total. The Labute approximate surface area is 115 Å². The monoisotopic (exact) mass is 264 g/mol. The van der Waals surface area contributed by atoms with Crippen molar-refractivity contribution in [2.75, 3.05) is 45.3 Å². The predicted molar refractivity (Wildman–Crippen MR) is 77.3 cm³/mol. The van der Waals surface area contributed by atoms with E-state index in [0.29, 0.717) is 12.6 Å². The number of likely N-dealkylation sites (tertiary alicyclic amines) is 1. The van der Waals surface area contributed by atoms with Gasteiger partial charge in [-0.25, -0.2) is 4.98 Å². The van der Waals surface area contributed by atoms with Crippen LogP contribution in [0.3, 0.4) is 0 Å². The molecule has 1 aliphatic rings. The molecule has 2 heterocycles. The summed E-state index contributed by atoms with van der Waals surface area (Å²) < 4.78 is 5.07. The van der Waals surface area contributed by atoms with E-state index in [1.54, 1.807) is 7.11 Å². The molecule has 1 aromatic rings. The highest BCUT2D eigenvalue weighted by Gasteiger charge is 2.18. The van der Waals surface area contributed by atoms with E-state index >= 15 is 0 Å². The van der Waals surface area contributed by atoms with Crippen molar-refractivity contribution < 1.29 is 4.74 Å². The molecule has 0 aliphatic carbocycles. The van der Waals surface area contributed by atoms with Gasteiger partial charge in [0.15, 0.2) is 0 Å². The highest BCUT2D eigenvalue weighted by Crippen LogP contribution is 2.14. The van der Waals surface area contributed by atoms with Gasteiger partial charge in [-0.2, -0.15) is 0 Å². The second kappa shape index (κ2) is 6.84. The summed E-state index contributed by atoms with van der Waals surface area (Å²) >= 11 is 0. The Morgan fingerprint density at radius 1 is 1.53 bits per heavy atom. The van der Waals surface area contributed by atoms with Gasteiger partial charge >= 0.3 is 0 Å². The molecule has 1 atom stereocenters. The summed E-state index contributed by atoms with van der Waals surface area (Å²) in [6, 6.07) is 4.56. The summed E-state index contributed by atoms with van der Waals surface area (Å²) in [6.07, 6.45) is 3.06. The molecule has 0 amide bonds. The van der Waals surface area contributed by atoms with Crippen LogP contribution in [-0.4, -0.2) is 56.3 Å². The molecular weight excluding hydrogens is 240 g/mol. The third-order valence-electron chi connectivity index (χ3n) is 3.55. The van der Waals surface area contributed by atoms with Crippen LogP contribution in [0.2, 0.25) is 0 Å². The molecule has 2 rings (SSSR count). The number of likely N-dealkylation sites (N-methyl/N-ethyl adjacent to an activating group) is 1. The molecule has 1 aromatic heterocycles. The Kier molecular flexibility index (Phi) is 5.13. The number of methoxy groups -OCH3 is 1. The summed E-state index contributed by atoms with van der Waals surface area (Å²) in [5.41, 5.74) is 7.16. The van der Waals surface area contributed by atoms with Gasteiger partial charge in [-0.1, -0.05) is 6.07 Å². The average Bonchev–Trinajstić information content (AvgIpc) is 2.82. The molecule has 1 fully saturated rings. The number of hydrogen-bond acceptors (Lipinski definition) is 5. The van der Waals surface area contributed by atoms with Gasteiger partial charge in [0.2, 0.25) is 0 Å². The molecule has 0 spiro atoms. The van der Waals surface area contributed by atoms with E-state index in [-0.39, 0.29) is 0 Å². The van der Waals surface area contributed by atoms with Crippen LogP contribution in [0.5, 0.6) is 0 Å². The number of nitrogens with two attached hydrogens (primary N) is 1. The van der Waals surface area contributed by atoms with Crippen LogP contribution in [-0.2, 0) is 11.3 Å². The van der Waals surface area contributed by atoms with E-state index in [1.807, 2.05) is 13.2 Å². The lowest BCUT2D eigenvalue weighted by molar-refractivity contribution is 0.206. The largest absolute Gasteiger partial charge is 0.383 e. The van der Waals surface area contributed by atoms with Crippen molar-refractivity contribution in [3.8, 4) is 0 Å². The van der Waals surface area contributed by atoms with Gasteiger partial charge in [0.25, 0.3) is 0 Å². The minimum Gasteiger partial charge on any atom is -0.383 e. The number of anilines is 1. The molecule has 0 radical (unpaired) electrons. The minimum absolute atomic E-state index is 0.340. The van der Waals surface area contributed by atoms with Gasteiger partial charge in [0.05, 0.1) is 6.61 Å². The van der Waals surface area contributed by atoms with Crippen molar-refractivity contribution in [1.29, 1.82) is 0 Å². The van der Waals surface area contributed by atoms with Crippen molar-refractivity contribution in [2.45, 2.75) is 19.0 Å². The summed E-state index contributed by atoms with van der Waals surface area (Å²) in [6.45, 7) is 4.60. The number of rotatable bonds is 6. The standard InChI is InChI=1S/C14H24N4O/c1-17(7-8-19-2)14-4-3-12(9-16-14)10-18-6-5-13(15)11-18/h3-4,9,13H,5-8,10-11,15H2,1-2H3/t13-/m1/s1. The Balaban J connectivity index is 1.87. The second-order valence-corrected chi connectivity index (χ2v) is 5.22. The van der Waals surface area contributed by atoms with Gasteiger partial charge < -0.3 is 15.4 Å². The summed E-state index contributed by atoms with van der Waals surface area (Å²) in [5, 5.41) is 0. The normalized spacial score (nSPS) is 19.8. The maximum absolute atomic E-state index is 5.91. The Morgan fingerprint density at radius 2 is 2.37 bits per heavy atom. The van der Waals surface area contributed by atoms with E-state index in [4.69, 9.17) is 10.5 Å². The fourth-order valence-corrected chi connectivity index (χ4v) is 2.34. The average molecular weight is 264 g/mol. The Hall–Kier alpha value is -1.17.